The molecule has 0 unspecified atom stereocenters. The Morgan fingerprint density at radius 3 is 0.978 bits per heavy atom. The van der Waals surface area contributed by atoms with Gasteiger partial charge in [-0.1, -0.05) is 226 Å². The summed E-state index contributed by atoms with van der Waals surface area (Å²) in [5, 5.41) is 23.1. The van der Waals surface area contributed by atoms with Crippen LogP contribution in [0.3, 0.4) is 0 Å². The molecule has 276 valence electrons. The molecule has 2 atom stereocenters. The predicted octanol–water partition coefficient (Wildman–Crippen LogP) is 12.9. The van der Waals surface area contributed by atoms with Crippen LogP contribution in [0.1, 0.15) is 245 Å². The van der Waals surface area contributed by atoms with Crippen molar-refractivity contribution < 1.29 is 15.0 Å². The maximum atomic E-state index is 12.4. The Balaban J connectivity index is 3.46. The molecule has 0 radical (unpaired) electrons. The fourth-order valence-electron chi connectivity index (χ4n) is 6.83. The lowest BCUT2D eigenvalue weighted by Crippen LogP contribution is -2.45. The predicted molar refractivity (Wildman–Crippen MR) is 203 cm³/mol. The third kappa shape index (κ3) is 34.7. The van der Waals surface area contributed by atoms with E-state index < -0.39 is 12.1 Å². The molecule has 3 N–H and O–H groups in total. The van der Waals surface area contributed by atoms with E-state index in [1.807, 2.05) is 0 Å². The molecule has 1 amide bonds. The zero-order valence-corrected chi connectivity index (χ0v) is 31.6. The number of carbonyl (C=O) groups excluding carboxylic acids is 1. The number of unbranched alkanes of at least 4 members (excludes halogenated alkanes) is 32. The highest BCUT2D eigenvalue weighted by atomic mass is 16.3. The Morgan fingerprint density at radius 1 is 0.435 bits per heavy atom. The van der Waals surface area contributed by atoms with Crippen LogP contribution in [0.2, 0.25) is 0 Å². The number of amides is 1. The zero-order valence-electron chi connectivity index (χ0n) is 31.6. The minimum Gasteiger partial charge on any atom is -0.394 e. The summed E-state index contributed by atoms with van der Waals surface area (Å²) >= 11 is 0. The Kier molecular flexibility index (Phi) is 38.3. The van der Waals surface area contributed by atoms with Crippen molar-refractivity contribution in [3.05, 3.63) is 0 Å². The number of hydrogen-bond acceptors (Lipinski definition) is 3. The molecule has 0 rings (SSSR count). The van der Waals surface area contributed by atoms with Gasteiger partial charge < -0.3 is 15.5 Å². The summed E-state index contributed by atoms with van der Waals surface area (Å²) in [6, 6.07) is -0.528. The molecular formula is C42H85NO3. The summed E-state index contributed by atoms with van der Waals surface area (Å²) in [5.41, 5.74) is 0. The first kappa shape index (κ1) is 45.4. The van der Waals surface area contributed by atoms with E-state index in [9.17, 15) is 15.0 Å². The van der Waals surface area contributed by atoms with Gasteiger partial charge >= 0.3 is 0 Å². The first-order chi connectivity index (χ1) is 22.7. The third-order valence-corrected chi connectivity index (χ3v) is 10.1. The summed E-state index contributed by atoms with van der Waals surface area (Å²) in [4.78, 5) is 12.4. The van der Waals surface area contributed by atoms with Gasteiger partial charge in [-0.15, -0.1) is 0 Å². The lowest BCUT2D eigenvalue weighted by molar-refractivity contribution is -0.123. The van der Waals surface area contributed by atoms with Gasteiger partial charge in [-0.25, -0.2) is 0 Å². The number of carbonyl (C=O) groups is 1. The second kappa shape index (κ2) is 38.8. The largest absolute Gasteiger partial charge is 0.394 e. The van der Waals surface area contributed by atoms with Crippen LogP contribution in [0, 0.1) is 0 Å². The van der Waals surface area contributed by atoms with Crippen molar-refractivity contribution in [3.63, 3.8) is 0 Å². The molecule has 46 heavy (non-hydrogen) atoms. The fraction of sp³-hybridized carbons (Fsp3) is 0.976. The average Bonchev–Trinajstić information content (AvgIpc) is 3.06. The van der Waals surface area contributed by atoms with E-state index in [-0.39, 0.29) is 12.5 Å². The van der Waals surface area contributed by atoms with E-state index in [1.54, 1.807) is 0 Å². The molecule has 0 saturated heterocycles. The SMILES string of the molecule is CCCCCCCCCCCCCCCCCCCCCCC(=O)N[C@@H](CO)[C@H](O)CCCCCCCCCCCCCCCC. The van der Waals surface area contributed by atoms with Crippen molar-refractivity contribution in [1.82, 2.24) is 5.32 Å². The van der Waals surface area contributed by atoms with Gasteiger partial charge in [0, 0.05) is 6.42 Å². The highest BCUT2D eigenvalue weighted by Gasteiger charge is 2.20. The van der Waals surface area contributed by atoms with Crippen LogP contribution in [0.5, 0.6) is 0 Å². The smallest absolute Gasteiger partial charge is 0.220 e. The molecule has 0 fully saturated rings. The molecule has 4 nitrogen and oxygen atoms in total. The standard InChI is InChI=1S/C42H85NO3/c1-3-5-7-9-11-13-15-17-19-20-21-22-23-24-26-28-30-32-34-36-38-42(46)43-40(39-44)41(45)37-35-33-31-29-27-25-18-16-14-12-10-8-6-4-2/h40-41,44-45H,3-39H2,1-2H3,(H,43,46)/t40-,41+/m0/s1. The van der Waals surface area contributed by atoms with Crippen LogP contribution < -0.4 is 5.32 Å². The summed E-state index contributed by atoms with van der Waals surface area (Å²) < 4.78 is 0. The molecular weight excluding hydrogens is 566 g/mol. The molecule has 0 aromatic carbocycles. The van der Waals surface area contributed by atoms with Crippen molar-refractivity contribution in [2.75, 3.05) is 6.61 Å². The van der Waals surface area contributed by atoms with Gasteiger partial charge in [0.15, 0.2) is 0 Å². The van der Waals surface area contributed by atoms with Crippen LogP contribution in [0.4, 0.5) is 0 Å². The van der Waals surface area contributed by atoms with Crippen LogP contribution in [-0.4, -0.2) is 34.9 Å². The van der Waals surface area contributed by atoms with E-state index in [4.69, 9.17) is 0 Å². The molecule has 0 aromatic rings. The van der Waals surface area contributed by atoms with E-state index in [0.717, 1.165) is 25.7 Å². The number of hydrogen-bond donors (Lipinski definition) is 3. The second-order valence-corrected chi connectivity index (χ2v) is 14.8. The molecule has 0 heterocycles. The van der Waals surface area contributed by atoms with Gasteiger partial charge in [0.1, 0.15) is 0 Å². The average molecular weight is 652 g/mol. The van der Waals surface area contributed by atoms with Gasteiger partial charge in [0.2, 0.25) is 5.91 Å². The second-order valence-electron chi connectivity index (χ2n) is 14.8. The monoisotopic (exact) mass is 652 g/mol. The first-order valence-corrected chi connectivity index (χ1v) is 21.2. The van der Waals surface area contributed by atoms with E-state index in [0.29, 0.717) is 12.8 Å². The number of rotatable bonds is 39. The Hall–Kier alpha value is -0.610. The van der Waals surface area contributed by atoms with Crippen molar-refractivity contribution in [1.29, 1.82) is 0 Å². The van der Waals surface area contributed by atoms with Crippen LogP contribution in [0.15, 0.2) is 0 Å². The molecule has 0 aliphatic rings. The summed E-state index contributed by atoms with van der Waals surface area (Å²) in [6.45, 7) is 4.38. The highest BCUT2D eigenvalue weighted by molar-refractivity contribution is 5.76. The van der Waals surface area contributed by atoms with Crippen LogP contribution in [0.25, 0.3) is 0 Å². The topological polar surface area (TPSA) is 69.6 Å². The number of nitrogens with one attached hydrogen (secondary N) is 1. The van der Waals surface area contributed by atoms with Crippen molar-refractivity contribution in [2.45, 2.75) is 257 Å². The molecule has 0 saturated carbocycles. The number of aliphatic hydroxyl groups is 2. The lowest BCUT2D eigenvalue weighted by Gasteiger charge is -2.22. The third-order valence-electron chi connectivity index (χ3n) is 10.1. The molecule has 0 aliphatic heterocycles. The molecule has 0 aromatic heterocycles. The van der Waals surface area contributed by atoms with Crippen LogP contribution >= 0.6 is 0 Å². The Morgan fingerprint density at radius 2 is 0.696 bits per heavy atom. The molecule has 4 heteroatoms. The zero-order chi connectivity index (χ0) is 33.6. The quantitative estimate of drug-likeness (QED) is 0.0579. The van der Waals surface area contributed by atoms with E-state index >= 15 is 0 Å². The van der Waals surface area contributed by atoms with Gasteiger partial charge in [-0.2, -0.15) is 0 Å². The van der Waals surface area contributed by atoms with Crippen LogP contribution in [-0.2, 0) is 4.79 Å². The summed E-state index contributed by atoms with van der Waals surface area (Å²) in [6.07, 6.45) is 46.0. The summed E-state index contributed by atoms with van der Waals surface area (Å²) in [5.74, 6) is -0.0264. The Labute approximate surface area is 289 Å². The van der Waals surface area contributed by atoms with Crippen molar-refractivity contribution in [2.24, 2.45) is 0 Å². The Bertz CT molecular complexity index is 583. The lowest BCUT2D eigenvalue weighted by atomic mass is 10.0. The molecule has 0 bridgehead atoms. The maximum Gasteiger partial charge on any atom is 0.220 e. The van der Waals surface area contributed by atoms with E-state index in [1.165, 1.54) is 193 Å². The first-order valence-electron chi connectivity index (χ1n) is 21.2. The van der Waals surface area contributed by atoms with Crippen molar-refractivity contribution >= 4 is 5.91 Å². The molecule has 0 spiro atoms. The highest BCUT2D eigenvalue weighted by Crippen LogP contribution is 2.17. The number of aliphatic hydroxyl groups excluding tert-OH is 2. The maximum absolute atomic E-state index is 12.4. The van der Waals surface area contributed by atoms with Crippen molar-refractivity contribution in [3.8, 4) is 0 Å². The van der Waals surface area contributed by atoms with Gasteiger partial charge in [0.05, 0.1) is 18.8 Å². The van der Waals surface area contributed by atoms with E-state index in [2.05, 4.69) is 19.2 Å². The molecule has 0 aliphatic carbocycles. The van der Waals surface area contributed by atoms with Gasteiger partial charge in [-0.05, 0) is 12.8 Å². The van der Waals surface area contributed by atoms with Gasteiger partial charge in [-0.3, -0.25) is 4.79 Å². The minimum absolute atomic E-state index is 0.0264. The normalized spacial score (nSPS) is 12.9. The van der Waals surface area contributed by atoms with Gasteiger partial charge in [0.25, 0.3) is 0 Å². The minimum atomic E-state index is -0.652. The fourth-order valence-corrected chi connectivity index (χ4v) is 6.83. The summed E-state index contributed by atoms with van der Waals surface area (Å²) in [7, 11) is 0.